The van der Waals surface area contributed by atoms with E-state index in [9.17, 15) is 0 Å². The lowest BCUT2D eigenvalue weighted by atomic mass is 10.4. The molecular weight excluding hydrogens is 224 g/mol. The predicted molar refractivity (Wildman–Crippen MR) is 76.6 cm³/mol. The molecule has 0 spiro atoms. The van der Waals surface area contributed by atoms with Gasteiger partial charge in [-0.15, -0.1) is 5.54 Å². The number of furan rings is 1. The highest BCUT2D eigenvalue weighted by molar-refractivity contribution is 6.90. The van der Waals surface area contributed by atoms with E-state index in [-0.39, 0.29) is 0 Å². The zero-order valence-electron chi connectivity index (χ0n) is 11.9. The molecule has 0 amide bonds. The van der Waals surface area contributed by atoms with E-state index in [0.717, 1.165) is 5.56 Å². The molecule has 1 rings (SSSR count). The zero-order chi connectivity index (χ0) is 13.1. The van der Waals surface area contributed by atoms with Crippen LogP contribution >= 0.6 is 0 Å². The maximum atomic E-state index is 5.07. The van der Waals surface area contributed by atoms with Crippen LogP contribution in [0.3, 0.4) is 0 Å². The molecule has 0 aliphatic rings. The lowest BCUT2D eigenvalue weighted by Gasteiger charge is -2.38. The van der Waals surface area contributed by atoms with Crippen LogP contribution in [0.1, 0.15) is 47.1 Å². The summed E-state index contributed by atoms with van der Waals surface area (Å²) in [7, 11) is -1.59. The molecule has 0 bridgehead atoms. The smallest absolute Gasteiger partial charge is 0.146 e. The van der Waals surface area contributed by atoms with Crippen molar-refractivity contribution in [2.45, 2.75) is 58.2 Å². The molecule has 0 aromatic carbocycles. The van der Waals surface area contributed by atoms with Crippen molar-refractivity contribution in [1.29, 1.82) is 0 Å². The van der Waals surface area contributed by atoms with Crippen LogP contribution in [0.4, 0.5) is 0 Å². The molecule has 0 saturated carbocycles. The Morgan fingerprint density at radius 2 is 1.53 bits per heavy atom. The Hall–Kier alpha value is -0.943. The Morgan fingerprint density at radius 1 is 1.00 bits per heavy atom. The van der Waals surface area contributed by atoms with Gasteiger partial charge in [-0.05, 0) is 22.7 Å². The highest BCUT2D eigenvalue weighted by atomic mass is 28.3. The van der Waals surface area contributed by atoms with Crippen LogP contribution in [0.2, 0.25) is 16.6 Å². The minimum Gasteiger partial charge on any atom is -0.471 e. The maximum absolute atomic E-state index is 5.07. The summed E-state index contributed by atoms with van der Waals surface area (Å²) in [6, 6.07) is 1.94. The molecule has 0 radical (unpaired) electrons. The van der Waals surface area contributed by atoms with Gasteiger partial charge in [-0.25, -0.2) is 0 Å². The predicted octanol–water partition coefficient (Wildman–Crippen LogP) is 4.85. The maximum Gasteiger partial charge on any atom is 0.146 e. The van der Waals surface area contributed by atoms with E-state index in [1.54, 1.807) is 12.5 Å². The average Bonchev–Trinajstić information content (AvgIpc) is 2.69. The van der Waals surface area contributed by atoms with E-state index in [1.165, 1.54) is 0 Å². The van der Waals surface area contributed by atoms with Gasteiger partial charge in [0.25, 0.3) is 0 Å². The highest BCUT2D eigenvalue weighted by Crippen LogP contribution is 2.40. The number of rotatable bonds is 3. The quantitative estimate of drug-likeness (QED) is 0.550. The fourth-order valence-corrected chi connectivity index (χ4v) is 8.18. The van der Waals surface area contributed by atoms with Gasteiger partial charge in [0.05, 0.1) is 11.8 Å². The van der Waals surface area contributed by atoms with Gasteiger partial charge in [0, 0.05) is 0 Å². The molecule has 0 atom stereocenters. The molecular formula is C15H24OSi. The molecule has 0 N–H and O–H groups in total. The van der Waals surface area contributed by atoms with Crippen molar-refractivity contribution in [3.05, 3.63) is 24.2 Å². The highest BCUT2D eigenvalue weighted by Gasteiger charge is 2.41. The second kappa shape index (κ2) is 5.60. The van der Waals surface area contributed by atoms with Crippen LogP contribution in [-0.2, 0) is 0 Å². The molecule has 1 aromatic rings. The average molecular weight is 248 g/mol. The third-order valence-corrected chi connectivity index (χ3v) is 10.1. The summed E-state index contributed by atoms with van der Waals surface area (Å²) in [6.45, 7) is 14.0. The van der Waals surface area contributed by atoms with Gasteiger partial charge < -0.3 is 4.42 Å². The summed E-state index contributed by atoms with van der Waals surface area (Å²) in [6.07, 6.45) is 3.42. The number of hydrogen-bond donors (Lipinski definition) is 0. The monoisotopic (exact) mass is 248 g/mol. The second-order valence-corrected chi connectivity index (χ2v) is 11.2. The Bertz CT molecular complexity index is 369. The first kappa shape index (κ1) is 14.1. The van der Waals surface area contributed by atoms with Crippen LogP contribution in [-0.4, -0.2) is 8.07 Å². The zero-order valence-corrected chi connectivity index (χ0v) is 12.9. The van der Waals surface area contributed by atoms with Crippen LogP contribution in [0.5, 0.6) is 0 Å². The first-order chi connectivity index (χ1) is 7.91. The van der Waals surface area contributed by atoms with Crippen LogP contribution < -0.4 is 0 Å². The topological polar surface area (TPSA) is 13.1 Å². The van der Waals surface area contributed by atoms with E-state index < -0.39 is 8.07 Å². The summed E-state index contributed by atoms with van der Waals surface area (Å²) in [4.78, 5) is 0. The molecule has 0 saturated heterocycles. The van der Waals surface area contributed by atoms with Gasteiger partial charge in [0.1, 0.15) is 14.3 Å². The first-order valence-electron chi connectivity index (χ1n) is 6.46. The van der Waals surface area contributed by atoms with Crippen molar-refractivity contribution in [1.82, 2.24) is 0 Å². The Balaban J connectivity index is 3.15. The van der Waals surface area contributed by atoms with E-state index in [4.69, 9.17) is 4.42 Å². The minimum absolute atomic E-state index is 0.682. The van der Waals surface area contributed by atoms with E-state index in [2.05, 4.69) is 53.0 Å². The SMILES string of the molecule is CC(C)[Si](C#Cc1ccoc1)(C(C)C)C(C)C. The van der Waals surface area contributed by atoms with Gasteiger partial charge in [0.2, 0.25) is 0 Å². The molecule has 2 heteroatoms. The third-order valence-electron chi connectivity index (χ3n) is 3.81. The van der Waals surface area contributed by atoms with Gasteiger partial charge in [-0.1, -0.05) is 47.5 Å². The molecule has 1 nitrogen and oxygen atoms in total. The van der Waals surface area contributed by atoms with Gasteiger partial charge >= 0.3 is 0 Å². The van der Waals surface area contributed by atoms with Crippen molar-refractivity contribution < 1.29 is 4.42 Å². The van der Waals surface area contributed by atoms with Crippen LogP contribution in [0, 0.1) is 11.5 Å². The number of hydrogen-bond acceptors (Lipinski definition) is 1. The summed E-state index contributed by atoms with van der Waals surface area (Å²) in [5.41, 5.74) is 6.71. The Labute approximate surface area is 107 Å². The van der Waals surface area contributed by atoms with Crippen LogP contribution in [0.25, 0.3) is 0 Å². The molecule has 1 heterocycles. The lowest BCUT2D eigenvalue weighted by Crippen LogP contribution is -2.43. The largest absolute Gasteiger partial charge is 0.471 e. The van der Waals surface area contributed by atoms with Gasteiger partial charge in [-0.3, -0.25) is 0 Å². The van der Waals surface area contributed by atoms with Crippen molar-refractivity contribution in [3.63, 3.8) is 0 Å². The van der Waals surface area contributed by atoms with Crippen LogP contribution in [0.15, 0.2) is 23.0 Å². The normalized spacial score (nSPS) is 12.1. The van der Waals surface area contributed by atoms with Crippen molar-refractivity contribution >= 4 is 8.07 Å². The summed E-state index contributed by atoms with van der Waals surface area (Å²) >= 11 is 0. The molecule has 0 aliphatic carbocycles. The molecule has 0 unspecified atom stereocenters. The Kier molecular flexibility index (Phi) is 4.65. The molecule has 0 aliphatic heterocycles. The lowest BCUT2D eigenvalue weighted by molar-refractivity contribution is 0.566. The van der Waals surface area contributed by atoms with Crippen molar-refractivity contribution in [3.8, 4) is 11.5 Å². The van der Waals surface area contributed by atoms with Gasteiger partial charge in [-0.2, -0.15) is 0 Å². The fourth-order valence-electron chi connectivity index (χ4n) is 2.95. The standard InChI is InChI=1S/C15H24OSi/c1-12(2)17(13(3)4,14(5)6)10-8-15-7-9-16-11-15/h7,9,11-14H,1-6H3. The second-order valence-electron chi connectivity index (χ2n) is 5.66. The first-order valence-corrected chi connectivity index (χ1v) is 8.69. The summed E-state index contributed by atoms with van der Waals surface area (Å²) in [5, 5.41) is 0. The third kappa shape index (κ3) is 2.84. The van der Waals surface area contributed by atoms with E-state index >= 15 is 0 Å². The summed E-state index contributed by atoms with van der Waals surface area (Å²) in [5.74, 6) is 3.33. The fraction of sp³-hybridized carbons (Fsp3) is 0.600. The molecule has 0 fully saturated rings. The molecule has 94 valence electrons. The van der Waals surface area contributed by atoms with E-state index in [1.807, 2.05) is 6.07 Å². The molecule has 1 aromatic heterocycles. The Morgan fingerprint density at radius 3 is 1.88 bits per heavy atom. The van der Waals surface area contributed by atoms with Crippen molar-refractivity contribution in [2.24, 2.45) is 0 Å². The minimum atomic E-state index is -1.59. The van der Waals surface area contributed by atoms with Gasteiger partial charge in [0.15, 0.2) is 0 Å². The van der Waals surface area contributed by atoms with Crippen molar-refractivity contribution in [2.75, 3.05) is 0 Å². The molecule has 17 heavy (non-hydrogen) atoms. The summed E-state index contributed by atoms with van der Waals surface area (Å²) < 4.78 is 5.07. The van der Waals surface area contributed by atoms with E-state index in [0.29, 0.717) is 16.6 Å².